The van der Waals surface area contributed by atoms with Crippen LogP contribution in [0.15, 0.2) is 52.9 Å². The second-order valence-corrected chi connectivity index (χ2v) is 7.89. The van der Waals surface area contributed by atoms with E-state index in [1.807, 2.05) is 4.90 Å². The lowest BCUT2D eigenvalue weighted by Gasteiger charge is -2.30. The lowest BCUT2D eigenvalue weighted by atomic mass is 10.1. The first-order valence-corrected chi connectivity index (χ1v) is 10.4. The highest BCUT2D eigenvalue weighted by atomic mass is 35.5. The Morgan fingerprint density at radius 3 is 2.41 bits per heavy atom. The van der Waals surface area contributed by atoms with E-state index in [0.29, 0.717) is 53.4 Å². The molecule has 0 unspecified atom stereocenters. The molecular weight excluding hydrogens is 468 g/mol. The van der Waals surface area contributed by atoms with E-state index < -0.39 is 17.6 Å². The molecule has 32 heavy (non-hydrogen) atoms. The van der Waals surface area contributed by atoms with Gasteiger partial charge in [-0.25, -0.2) is 0 Å². The summed E-state index contributed by atoms with van der Waals surface area (Å²) in [5.74, 6) is -0.368. The summed E-state index contributed by atoms with van der Waals surface area (Å²) in [6, 6.07) is 11.2. The van der Waals surface area contributed by atoms with Crippen molar-refractivity contribution in [1.29, 1.82) is 0 Å². The molecule has 1 fully saturated rings. The van der Waals surface area contributed by atoms with Crippen molar-refractivity contribution in [2.75, 3.05) is 36.5 Å². The number of amides is 1. The Hall–Kier alpha value is -2.68. The van der Waals surface area contributed by atoms with Crippen LogP contribution in [0.2, 0.25) is 10.0 Å². The van der Waals surface area contributed by atoms with E-state index in [2.05, 4.69) is 5.32 Å². The second-order valence-electron chi connectivity index (χ2n) is 7.08. The maximum absolute atomic E-state index is 13.3. The molecule has 168 valence electrons. The molecule has 0 bridgehead atoms. The Morgan fingerprint density at radius 2 is 1.72 bits per heavy atom. The van der Waals surface area contributed by atoms with E-state index in [1.54, 1.807) is 24.3 Å². The van der Waals surface area contributed by atoms with Crippen molar-refractivity contribution < 1.29 is 27.1 Å². The first-order chi connectivity index (χ1) is 15.2. The number of alkyl halides is 3. The topological polar surface area (TPSA) is 54.7 Å². The normalized spacial score (nSPS) is 14.5. The van der Waals surface area contributed by atoms with Gasteiger partial charge in [-0.1, -0.05) is 23.2 Å². The summed E-state index contributed by atoms with van der Waals surface area (Å²) < 4.78 is 50.7. The summed E-state index contributed by atoms with van der Waals surface area (Å²) in [6.45, 7) is 1.88. The number of nitrogens with one attached hydrogen (secondary N) is 1. The van der Waals surface area contributed by atoms with Gasteiger partial charge in [0.1, 0.15) is 5.76 Å². The van der Waals surface area contributed by atoms with Crippen LogP contribution in [0, 0.1) is 0 Å². The lowest BCUT2D eigenvalue weighted by Crippen LogP contribution is -2.36. The van der Waals surface area contributed by atoms with E-state index in [9.17, 15) is 18.0 Å². The molecule has 10 heteroatoms. The number of hydrogen-bond acceptors (Lipinski definition) is 4. The van der Waals surface area contributed by atoms with Crippen LogP contribution in [-0.4, -0.2) is 32.2 Å². The Labute approximate surface area is 191 Å². The zero-order valence-electron chi connectivity index (χ0n) is 16.5. The van der Waals surface area contributed by atoms with E-state index in [1.165, 1.54) is 12.1 Å². The monoisotopic (exact) mass is 484 g/mol. The van der Waals surface area contributed by atoms with E-state index in [0.717, 1.165) is 12.1 Å². The van der Waals surface area contributed by atoms with Crippen LogP contribution in [-0.2, 0) is 10.9 Å². The molecule has 0 saturated carbocycles. The quantitative estimate of drug-likeness (QED) is 0.467. The maximum atomic E-state index is 13.3. The third kappa shape index (κ3) is 4.87. The molecule has 4 rings (SSSR count). The predicted octanol–water partition coefficient (Wildman–Crippen LogP) is 6.36. The van der Waals surface area contributed by atoms with Gasteiger partial charge in [-0.05, 0) is 48.5 Å². The van der Waals surface area contributed by atoms with Crippen molar-refractivity contribution in [3.63, 3.8) is 0 Å². The molecular formula is C22H17Cl2F3N2O3. The average molecular weight is 485 g/mol. The lowest BCUT2D eigenvalue weighted by molar-refractivity contribution is -0.137. The molecule has 0 spiro atoms. The van der Waals surface area contributed by atoms with Crippen LogP contribution in [0.4, 0.5) is 24.5 Å². The standard InChI is InChI=1S/C22H17Cl2F3N2O3/c23-15-3-1-13(11-16(15)24)19-5-6-20(32-19)21(30)28-17-12-14(22(25,26)27)2-4-18(17)29-7-9-31-10-8-29/h1-6,11-12H,7-10H2,(H,28,30). The molecule has 5 nitrogen and oxygen atoms in total. The molecule has 1 aliphatic rings. The fourth-order valence-corrected chi connectivity index (χ4v) is 3.64. The van der Waals surface area contributed by atoms with Crippen LogP contribution < -0.4 is 10.2 Å². The summed E-state index contributed by atoms with van der Waals surface area (Å²) in [5, 5.41) is 3.26. The molecule has 2 aromatic carbocycles. The molecule has 0 atom stereocenters. The highest BCUT2D eigenvalue weighted by Crippen LogP contribution is 2.36. The van der Waals surface area contributed by atoms with Crippen LogP contribution in [0.5, 0.6) is 0 Å². The summed E-state index contributed by atoms with van der Waals surface area (Å²) in [5.41, 5.74) is 0.261. The van der Waals surface area contributed by atoms with Gasteiger partial charge in [-0.15, -0.1) is 0 Å². The molecule has 1 aliphatic heterocycles. The van der Waals surface area contributed by atoms with Crippen molar-refractivity contribution in [2.45, 2.75) is 6.18 Å². The van der Waals surface area contributed by atoms with Crippen LogP contribution >= 0.6 is 23.2 Å². The molecule has 0 radical (unpaired) electrons. The molecule has 1 saturated heterocycles. The minimum atomic E-state index is -4.55. The van der Waals surface area contributed by atoms with Crippen molar-refractivity contribution in [3.8, 4) is 11.3 Å². The van der Waals surface area contributed by atoms with Gasteiger partial charge in [0.05, 0.1) is 40.2 Å². The van der Waals surface area contributed by atoms with Crippen molar-refractivity contribution in [1.82, 2.24) is 0 Å². The van der Waals surface area contributed by atoms with Gasteiger partial charge >= 0.3 is 6.18 Å². The van der Waals surface area contributed by atoms with Gasteiger partial charge in [-0.3, -0.25) is 4.79 Å². The number of morpholine rings is 1. The first-order valence-electron chi connectivity index (χ1n) is 9.63. The smallest absolute Gasteiger partial charge is 0.416 e. The number of benzene rings is 2. The minimum Gasteiger partial charge on any atom is -0.451 e. The zero-order valence-corrected chi connectivity index (χ0v) is 18.0. The Balaban J connectivity index is 1.62. The van der Waals surface area contributed by atoms with E-state index >= 15 is 0 Å². The number of carbonyl (C=O) groups excluding carboxylic acids is 1. The number of carbonyl (C=O) groups is 1. The fraction of sp³-hybridized carbons (Fsp3) is 0.227. The maximum Gasteiger partial charge on any atom is 0.416 e. The third-order valence-electron chi connectivity index (χ3n) is 4.96. The number of rotatable bonds is 4. The fourth-order valence-electron chi connectivity index (χ4n) is 3.34. The van der Waals surface area contributed by atoms with Gasteiger partial charge in [0.2, 0.25) is 0 Å². The molecule has 2 heterocycles. The minimum absolute atomic E-state index is 0.0409. The molecule has 3 aromatic rings. The second kappa shape index (κ2) is 9.05. The highest BCUT2D eigenvalue weighted by molar-refractivity contribution is 6.42. The highest BCUT2D eigenvalue weighted by Gasteiger charge is 2.32. The molecule has 1 aromatic heterocycles. The van der Waals surface area contributed by atoms with Crippen LogP contribution in [0.25, 0.3) is 11.3 Å². The molecule has 1 N–H and O–H groups in total. The predicted molar refractivity (Wildman–Crippen MR) is 117 cm³/mol. The number of hydrogen-bond donors (Lipinski definition) is 1. The summed E-state index contributed by atoms with van der Waals surface area (Å²) in [6.07, 6.45) is -4.55. The van der Waals surface area contributed by atoms with Crippen molar-refractivity contribution in [2.24, 2.45) is 0 Å². The summed E-state index contributed by atoms with van der Waals surface area (Å²) >= 11 is 11.9. The average Bonchev–Trinajstić information content (AvgIpc) is 3.26. The number of furan rings is 1. The zero-order chi connectivity index (χ0) is 22.9. The first kappa shape index (κ1) is 22.5. The van der Waals surface area contributed by atoms with Gasteiger partial charge in [0, 0.05) is 18.7 Å². The van der Waals surface area contributed by atoms with Gasteiger partial charge in [-0.2, -0.15) is 13.2 Å². The Morgan fingerprint density at radius 1 is 0.969 bits per heavy atom. The number of halogens is 5. The van der Waals surface area contributed by atoms with Crippen LogP contribution in [0.1, 0.15) is 16.1 Å². The number of ether oxygens (including phenoxy) is 1. The van der Waals surface area contributed by atoms with E-state index in [4.69, 9.17) is 32.4 Å². The number of anilines is 2. The number of nitrogens with zero attached hydrogens (tertiary/aromatic N) is 1. The molecule has 0 aliphatic carbocycles. The largest absolute Gasteiger partial charge is 0.451 e. The summed E-state index contributed by atoms with van der Waals surface area (Å²) in [7, 11) is 0. The summed E-state index contributed by atoms with van der Waals surface area (Å²) in [4.78, 5) is 14.7. The van der Waals surface area contributed by atoms with Crippen molar-refractivity contribution in [3.05, 3.63) is 69.9 Å². The van der Waals surface area contributed by atoms with Gasteiger partial charge in [0.25, 0.3) is 5.91 Å². The van der Waals surface area contributed by atoms with Gasteiger partial charge < -0.3 is 19.4 Å². The van der Waals surface area contributed by atoms with Crippen LogP contribution in [0.3, 0.4) is 0 Å². The van der Waals surface area contributed by atoms with Crippen molar-refractivity contribution >= 4 is 40.5 Å². The Bertz CT molecular complexity index is 1140. The SMILES string of the molecule is O=C(Nc1cc(C(F)(F)F)ccc1N1CCOCC1)c1ccc(-c2ccc(Cl)c(Cl)c2)o1. The third-order valence-corrected chi connectivity index (χ3v) is 5.70. The molecule has 1 amide bonds. The van der Waals surface area contributed by atoms with Gasteiger partial charge in [0.15, 0.2) is 5.76 Å². The Kier molecular flexibility index (Phi) is 6.37. The van der Waals surface area contributed by atoms with E-state index in [-0.39, 0.29) is 11.4 Å².